The van der Waals surface area contributed by atoms with Crippen molar-refractivity contribution in [2.45, 2.75) is 25.0 Å². The number of benzene rings is 2. The van der Waals surface area contributed by atoms with E-state index in [-0.39, 0.29) is 11.7 Å². The van der Waals surface area contributed by atoms with Gasteiger partial charge in [-0.1, -0.05) is 54.0 Å². The Morgan fingerprint density at radius 3 is 2.76 bits per heavy atom. The highest BCUT2D eigenvalue weighted by Gasteiger charge is 2.17. The Hall–Kier alpha value is -2.81. The second-order valence-corrected chi connectivity index (χ2v) is 8.67. The molecular formula is C23H22Cl2N4O3S. The highest BCUT2D eigenvalue weighted by atomic mass is 35.5. The molecule has 1 amide bonds. The van der Waals surface area contributed by atoms with Crippen molar-refractivity contribution >= 4 is 52.5 Å². The van der Waals surface area contributed by atoms with Crippen LogP contribution in [-0.4, -0.2) is 39.0 Å². The Bertz CT molecular complexity index is 1170. The van der Waals surface area contributed by atoms with E-state index in [9.17, 15) is 9.59 Å². The van der Waals surface area contributed by atoms with Crippen molar-refractivity contribution in [2.75, 3.05) is 17.7 Å². The molecule has 3 rings (SSSR count). The van der Waals surface area contributed by atoms with E-state index in [1.807, 2.05) is 11.5 Å². The van der Waals surface area contributed by atoms with E-state index in [2.05, 4.69) is 22.1 Å². The topological polar surface area (TPSA) is 86.1 Å². The first-order chi connectivity index (χ1) is 15.9. The minimum Gasteiger partial charge on any atom is -0.462 e. The van der Waals surface area contributed by atoms with Crippen molar-refractivity contribution in [2.24, 2.45) is 0 Å². The quantitative estimate of drug-likeness (QED) is 0.215. The summed E-state index contributed by atoms with van der Waals surface area (Å²) in [7, 11) is 0. The summed E-state index contributed by atoms with van der Waals surface area (Å²) < 4.78 is 6.96. The molecule has 1 aromatic heterocycles. The summed E-state index contributed by atoms with van der Waals surface area (Å²) in [6, 6.07) is 11.8. The van der Waals surface area contributed by atoms with Crippen LogP contribution in [0.3, 0.4) is 0 Å². The number of hydrogen-bond donors (Lipinski definition) is 1. The standard InChI is InChI=1S/C23H22Cl2N4O3S/c1-3-10-29-21(18-9-8-16(24)13-19(18)25)27-28-23(29)33-14-20(30)26-17-7-5-6-15(12-17)22(31)32-11-4-2/h3,5-9,12-13H,1,4,10-11,14H2,2H3,(H,26,30). The molecule has 0 aliphatic heterocycles. The zero-order valence-electron chi connectivity index (χ0n) is 17.9. The maximum atomic E-state index is 12.5. The van der Waals surface area contributed by atoms with E-state index in [4.69, 9.17) is 27.9 Å². The molecule has 0 radical (unpaired) electrons. The zero-order chi connectivity index (χ0) is 23.8. The number of carbonyl (C=O) groups excluding carboxylic acids is 2. The van der Waals surface area contributed by atoms with Gasteiger partial charge in [0.1, 0.15) is 0 Å². The first-order valence-electron chi connectivity index (χ1n) is 10.1. The fourth-order valence-corrected chi connectivity index (χ4v) is 4.13. The maximum absolute atomic E-state index is 12.5. The number of anilines is 1. The minimum atomic E-state index is -0.423. The van der Waals surface area contributed by atoms with Gasteiger partial charge >= 0.3 is 5.97 Å². The van der Waals surface area contributed by atoms with Gasteiger partial charge < -0.3 is 10.1 Å². The van der Waals surface area contributed by atoms with Gasteiger partial charge in [-0.15, -0.1) is 16.8 Å². The Labute approximate surface area is 206 Å². The number of thioether (sulfide) groups is 1. The minimum absolute atomic E-state index is 0.0914. The number of nitrogens with zero attached hydrogens (tertiary/aromatic N) is 3. The van der Waals surface area contributed by atoms with Gasteiger partial charge in [-0.05, 0) is 42.8 Å². The Balaban J connectivity index is 1.69. The molecule has 33 heavy (non-hydrogen) atoms. The lowest BCUT2D eigenvalue weighted by Crippen LogP contribution is -2.15. The molecule has 2 aromatic carbocycles. The van der Waals surface area contributed by atoms with E-state index in [1.54, 1.807) is 48.5 Å². The number of nitrogens with one attached hydrogen (secondary N) is 1. The summed E-state index contributed by atoms with van der Waals surface area (Å²) in [5.74, 6) is -0.0296. The van der Waals surface area contributed by atoms with Gasteiger partial charge in [0.25, 0.3) is 0 Å². The smallest absolute Gasteiger partial charge is 0.338 e. The molecule has 0 fully saturated rings. The molecule has 1 N–H and O–H groups in total. The van der Waals surface area contributed by atoms with Crippen LogP contribution >= 0.6 is 35.0 Å². The monoisotopic (exact) mass is 504 g/mol. The van der Waals surface area contributed by atoms with Crippen LogP contribution in [0.1, 0.15) is 23.7 Å². The van der Waals surface area contributed by atoms with Crippen LogP contribution in [0.5, 0.6) is 0 Å². The van der Waals surface area contributed by atoms with Gasteiger partial charge in [-0.3, -0.25) is 9.36 Å². The van der Waals surface area contributed by atoms with Crippen molar-refractivity contribution in [1.82, 2.24) is 14.8 Å². The molecule has 0 saturated carbocycles. The lowest BCUT2D eigenvalue weighted by Gasteiger charge is -2.10. The van der Waals surface area contributed by atoms with Gasteiger partial charge in [0.05, 0.1) is 22.9 Å². The van der Waals surface area contributed by atoms with Gasteiger partial charge in [-0.25, -0.2) is 4.79 Å². The molecule has 3 aromatic rings. The van der Waals surface area contributed by atoms with Crippen molar-refractivity contribution in [3.63, 3.8) is 0 Å². The number of aromatic nitrogens is 3. The molecule has 10 heteroatoms. The average molecular weight is 505 g/mol. The molecule has 0 aliphatic carbocycles. The zero-order valence-corrected chi connectivity index (χ0v) is 20.2. The number of ether oxygens (including phenoxy) is 1. The molecule has 1 heterocycles. The Kier molecular flexibility index (Phi) is 8.94. The number of esters is 1. The number of hydrogen-bond acceptors (Lipinski definition) is 6. The molecule has 0 spiro atoms. The van der Waals surface area contributed by atoms with Crippen LogP contribution < -0.4 is 5.32 Å². The van der Waals surface area contributed by atoms with Crippen molar-refractivity contribution in [1.29, 1.82) is 0 Å². The molecule has 172 valence electrons. The summed E-state index contributed by atoms with van der Waals surface area (Å²) in [6.07, 6.45) is 2.45. The molecular weight excluding hydrogens is 483 g/mol. The molecule has 0 bridgehead atoms. The fourth-order valence-electron chi connectivity index (χ4n) is 2.89. The summed E-state index contributed by atoms with van der Waals surface area (Å²) in [4.78, 5) is 24.5. The van der Waals surface area contributed by atoms with Crippen molar-refractivity contribution in [3.8, 4) is 11.4 Å². The van der Waals surface area contributed by atoms with Crippen LogP contribution in [0.4, 0.5) is 5.69 Å². The largest absolute Gasteiger partial charge is 0.462 e. The SMILES string of the molecule is C=CCn1c(SCC(=O)Nc2cccc(C(=O)OCCC)c2)nnc1-c1ccc(Cl)cc1Cl. The predicted molar refractivity (Wildman–Crippen MR) is 132 cm³/mol. The fraction of sp³-hybridized carbons (Fsp3) is 0.217. The van der Waals surface area contributed by atoms with E-state index in [0.717, 1.165) is 6.42 Å². The second-order valence-electron chi connectivity index (χ2n) is 6.88. The molecule has 0 atom stereocenters. The molecule has 7 nitrogen and oxygen atoms in total. The number of carbonyl (C=O) groups is 2. The van der Waals surface area contributed by atoms with Gasteiger partial charge in [-0.2, -0.15) is 0 Å². The first-order valence-corrected chi connectivity index (χ1v) is 11.9. The Morgan fingerprint density at radius 2 is 2.03 bits per heavy atom. The van der Waals surface area contributed by atoms with Crippen LogP contribution in [0.25, 0.3) is 11.4 Å². The van der Waals surface area contributed by atoms with Gasteiger partial charge in [0, 0.05) is 22.8 Å². The van der Waals surface area contributed by atoms with Crippen molar-refractivity contribution < 1.29 is 14.3 Å². The van der Waals surface area contributed by atoms with Crippen molar-refractivity contribution in [3.05, 3.63) is 70.7 Å². The van der Waals surface area contributed by atoms with E-state index in [1.165, 1.54) is 11.8 Å². The lowest BCUT2D eigenvalue weighted by atomic mass is 10.2. The highest BCUT2D eigenvalue weighted by Crippen LogP contribution is 2.31. The summed E-state index contributed by atoms with van der Waals surface area (Å²) in [5, 5.41) is 12.8. The highest BCUT2D eigenvalue weighted by molar-refractivity contribution is 7.99. The number of amides is 1. The van der Waals surface area contributed by atoms with Gasteiger partial charge in [0.2, 0.25) is 5.91 Å². The molecule has 0 unspecified atom stereocenters. The third kappa shape index (κ3) is 6.60. The van der Waals surface area contributed by atoms with Crippen LogP contribution in [0.15, 0.2) is 60.3 Å². The average Bonchev–Trinajstić information content (AvgIpc) is 3.18. The lowest BCUT2D eigenvalue weighted by molar-refractivity contribution is -0.113. The summed E-state index contributed by atoms with van der Waals surface area (Å²) >= 11 is 13.6. The van der Waals surface area contributed by atoms with E-state index >= 15 is 0 Å². The number of allylic oxidation sites excluding steroid dienone is 1. The summed E-state index contributed by atoms with van der Waals surface area (Å²) in [6.45, 7) is 6.49. The van der Waals surface area contributed by atoms with Crippen LogP contribution in [0.2, 0.25) is 10.0 Å². The third-order valence-electron chi connectivity index (χ3n) is 4.35. The van der Waals surface area contributed by atoms with Crippen LogP contribution in [0, 0.1) is 0 Å². The number of rotatable bonds is 10. The number of halogens is 2. The first kappa shape index (κ1) is 24.8. The van der Waals surface area contributed by atoms with Gasteiger partial charge in [0.15, 0.2) is 11.0 Å². The second kappa shape index (κ2) is 11.9. The van der Waals surface area contributed by atoms with Crippen LogP contribution in [-0.2, 0) is 16.1 Å². The third-order valence-corrected chi connectivity index (χ3v) is 5.87. The van der Waals surface area contributed by atoms with E-state index < -0.39 is 5.97 Å². The Morgan fingerprint density at radius 1 is 1.21 bits per heavy atom. The molecule has 0 saturated heterocycles. The maximum Gasteiger partial charge on any atom is 0.338 e. The normalized spacial score (nSPS) is 10.6. The summed E-state index contributed by atoms with van der Waals surface area (Å²) in [5.41, 5.74) is 1.57. The van der Waals surface area contributed by atoms with E-state index in [0.29, 0.717) is 51.0 Å². The predicted octanol–water partition coefficient (Wildman–Crippen LogP) is 5.74. The molecule has 0 aliphatic rings.